The number of aliphatic hydroxyl groups is 2. The molecule has 20 heavy (non-hydrogen) atoms. The van der Waals surface area contributed by atoms with Crippen molar-refractivity contribution in [3.8, 4) is 0 Å². The first-order valence-corrected chi connectivity index (χ1v) is 6.45. The Hall–Kier alpha value is -1.76. The zero-order valence-electron chi connectivity index (χ0n) is 11.2. The highest BCUT2D eigenvalue weighted by Crippen LogP contribution is 2.12. The third kappa shape index (κ3) is 3.63. The third-order valence-electron chi connectivity index (χ3n) is 3.28. The van der Waals surface area contributed by atoms with E-state index in [4.69, 9.17) is 0 Å². The molecule has 6 nitrogen and oxygen atoms in total. The van der Waals surface area contributed by atoms with Crippen molar-refractivity contribution in [3.05, 3.63) is 29.8 Å². The second kappa shape index (κ2) is 6.13. The minimum absolute atomic E-state index is 0.0251. The Morgan fingerprint density at radius 1 is 1.20 bits per heavy atom. The maximum Gasteiger partial charge on any atom is 0.238 e. The van der Waals surface area contributed by atoms with E-state index in [1.54, 1.807) is 29.2 Å². The quantitative estimate of drug-likeness (QED) is 0.667. The number of carbonyl (C=O) groups excluding carboxylic acids is 2. The molecule has 1 aromatic carbocycles. The molecular weight excluding hydrogens is 260 g/mol. The molecule has 0 unspecified atom stereocenters. The van der Waals surface area contributed by atoms with Crippen molar-refractivity contribution in [3.63, 3.8) is 0 Å². The summed E-state index contributed by atoms with van der Waals surface area (Å²) in [5.41, 5.74) is 1.20. The monoisotopic (exact) mass is 278 g/mol. The number of ketones is 1. The summed E-state index contributed by atoms with van der Waals surface area (Å²) in [5.74, 6) is -0.246. The van der Waals surface area contributed by atoms with Gasteiger partial charge in [0.25, 0.3) is 0 Å². The summed E-state index contributed by atoms with van der Waals surface area (Å²) < 4.78 is 0. The summed E-state index contributed by atoms with van der Waals surface area (Å²) in [4.78, 5) is 24.6. The van der Waals surface area contributed by atoms with Crippen molar-refractivity contribution < 1.29 is 19.8 Å². The van der Waals surface area contributed by atoms with Crippen LogP contribution in [0, 0.1) is 0 Å². The molecule has 6 heteroatoms. The Balaban J connectivity index is 1.87. The summed E-state index contributed by atoms with van der Waals surface area (Å²) in [7, 11) is 0. The smallest absolute Gasteiger partial charge is 0.238 e. The number of rotatable bonds is 4. The summed E-state index contributed by atoms with van der Waals surface area (Å²) in [6.45, 7) is 2.18. The lowest BCUT2D eigenvalue weighted by atomic mass is 10.1. The molecule has 1 amide bonds. The van der Waals surface area contributed by atoms with E-state index in [0.29, 0.717) is 11.3 Å². The first-order chi connectivity index (χ1) is 9.45. The predicted molar refractivity (Wildman–Crippen MR) is 73.5 cm³/mol. The van der Waals surface area contributed by atoms with Crippen LogP contribution in [-0.2, 0) is 4.79 Å². The number of aliphatic hydroxyl groups excluding tert-OH is 2. The van der Waals surface area contributed by atoms with Crippen molar-refractivity contribution in [2.75, 3.05) is 25.0 Å². The van der Waals surface area contributed by atoms with Crippen LogP contribution in [0.2, 0.25) is 0 Å². The molecule has 1 aromatic rings. The summed E-state index contributed by atoms with van der Waals surface area (Å²) in [6, 6.07) is 6.65. The molecule has 0 bridgehead atoms. The van der Waals surface area contributed by atoms with Gasteiger partial charge in [0.05, 0.1) is 18.8 Å². The molecule has 2 rings (SSSR count). The highest BCUT2D eigenvalue weighted by Gasteiger charge is 2.30. The highest BCUT2D eigenvalue weighted by molar-refractivity contribution is 5.96. The average molecular weight is 278 g/mol. The van der Waals surface area contributed by atoms with E-state index < -0.39 is 12.2 Å². The number of Topliss-reactive ketones (excluding diaryl/α,β-unsaturated/α-hetero) is 1. The molecule has 0 radical (unpaired) electrons. The number of hydrogen-bond donors (Lipinski definition) is 3. The SMILES string of the molecule is CC(=O)c1ccc(NC(=O)CN2C[C@@H](O)[C@@H](O)C2)cc1. The van der Waals surface area contributed by atoms with Crippen molar-refractivity contribution in [1.82, 2.24) is 4.90 Å². The molecule has 0 saturated carbocycles. The molecule has 1 aliphatic rings. The van der Waals surface area contributed by atoms with Crippen LogP contribution in [0.25, 0.3) is 0 Å². The minimum atomic E-state index is -0.794. The summed E-state index contributed by atoms with van der Waals surface area (Å²) in [5, 5.41) is 21.5. The van der Waals surface area contributed by atoms with Crippen LogP contribution in [0.1, 0.15) is 17.3 Å². The molecule has 108 valence electrons. The van der Waals surface area contributed by atoms with Gasteiger partial charge >= 0.3 is 0 Å². The molecular formula is C14H18N2O4. The first-order valence-electron chi connectivity index (χ1n) is 6.45. The van der Waals surface area contributed by atoms with Gasteiger partial charge in [0, 0.05) is 24.3 Å². The van der Waals surface area contributed by atoms with Gasteiger partial charge in [0.15, 0.2) is 5.78 Å². The van der Waals surface area contributed by atoms with Crippen LogP contribution in [0.15, 0.2) is 24.3 Å². The van der Waals surface area contributed by atoms with E-state index >= 15 is 0 Å². The largest absolute Gasteiger partial charge is 0.389 e. The van der Waals surface area contributed by atoms with Crippen molar-refractivity contribution in [2.24, 2.45) is 0 Å². The van der Waals surface area contributed by atoms with Gasteiger partial charge in [-0.25, -0.2) is 0 Å². The Morgan fingerprint density at radius 3 is 2.25 bits per heavy atom. The number of nitrogens with zero attached hydrogens (tertiary/aromatic N) is 1. The molecule has 3 N–H and O–H groups in total. The maximum absolute atomic E-state index is 11.8. The average Bonchev–Trinajstić information content (AvgIpc) is 2.68. The molecule has 0 aliphatic carbocycles. The third-order valence-corrected chi connectivity index (χ3v) is 3.28. The van der Waals surface area contributed by atoms with Crippen LogP contribution in [0.5, 0.6) is 0 Å². The standard InChI is InChI=1S/C14H18N2O4/c1-9(17)10-2-4-11(5-3-10)15-14(20)8-16-6-12(18)13(19)7-16/h2-5,12-13,18-19H,6-8H2,1H3,(H,15,20)/t12-,13+. The van der Waals surface area contributed by atoms with E-state index in [9.17, 15) is 19.8 Å². The van der Waals surface area contributed by atoms with E-state index in [1.165, 1.54) is 6.92 Å². The van der Waals surface area contributed by atoms with Gasteiger partial charge in [-0.1, -0.05) is 0 Å². The van der Waals surface area contributed by atoms with Gasteiger partial charge in [-0.3, -0.25) is 14.5 Å². The van der Waals surface area contributed by atoms with Crippen molar-refractivity contribution in [1.29, 1.82) is 0 Å². The second-order valence-corrected chi connectivity index (χ2v) is 5.01. The number of β-amino-alcohol motifs (C(OH)–C–C–N with tert-alkyl or cyclic N) is 2. The van der Waals surface area contributed by atoms with Crippen LogP contribution in [0.3, 0.4) is 0 Å². The topological polar surface area (TPSA) is 89.9 Å². The number of likely N-dealkylation sites (tertiary alicyclic amines) is 1. The van der Waals surface area contributed by atoms with Gasteiger partial charge < -0.3 is 15.5 Å². The van der Waals surface area contributed by atoms with Crippen LogP contribution in [-0.4, -0.2) is 58.6 Å². The zero-order chi connectivity index (χ0) is 14.7. The van der Waals surface area contributed by atoms with E-state index in [0.717, 1.165) is 0 Å². The second-order valence-electron chi connectivity index (χ2n) is 5.01. The molecule has 1 aliphatic heterocycles. The lowest BCUT2D eigenvalue weighted by molar-refractivity contribution is -0.117. The van der Waals surface area contributed by atoms with Crippen LogP contribution >= 0.6 is 0 Å². The van der Waals surface area contributed by atoms with Gasteiger partial charge in [0.1, 0.15) is 0 Å². The Labute approximate surface area is 117 Å². The number of amides is 1. The fourth-order valence-electron chi connectivity index (χ4n) is 2.17. The van der Waals surface area contributed by atoms with Gasteiger partial charge in [0.2, 0.25) is 5.91 Å². The lowest BCUT2D eigenvalue weighted by Gasteiger charge is -2.14. The van der Waals surface area contributed by atoms with Crippen molar-refractivity contribution in [2.45, 2.75) is 19.1 Å². The van der Waals surface area contributed by atoms with Gasteiger partial charge in [-0.05, 0) is 31.2 Å². The number of benzene rings is 1. The van der Waals surface area contributed by atoms with Crippen LogP contribution in [0.4, 0.5) is 5.69 Å². The Kier molecular flexibility index (Phi) is 4.49. The normalized spacial score (nSPS) is 22.8. The first kappa shape index (κ1) is 14.6. The molecule has 0 spiro atoms. The zero-order valence-corrected chi connectivity index (χ0v) is 11.2. The number of nitrogens with one attached hydrogen (secondary N) is 1. The minimum Gasteiger partial charge on any atom is -0.389 e. The highest BCUT2D eigenvalue weighted by atomic mass is 16.3. The molecule has 1 fully saturated rings. The Bertz CT molecular complexity index is 490. The fourth-order valence-corrected chi connectivity index (χ4v) is 2.17. The van der Waals surface area contributed by atoms with E-state index in [2.05, 4.69) is 5.32 Å². The maximum atomic E-state index is 11.8. The van der Waals surface area contributed by atoms with Crippen LogP contribution < -0.4 is 5.32 Å². The summed E-state index contributed by atoms with van der Waals surface area (Å²) in [6.07, 6.45) is -1.59. The Morgan fingerprint density at radius 2 is 1.75 bits per heavy atom. The lowest BCUT2D eigenvalue weighted by Crippen LogP contribution is -2.32. The van der Waals surface area contributed by atoms with Gasteiger partial charge in [-0.15, -0.1) is 0 Å². The molecule has 0 aromatic heterocycles. The molecule has 1 heterocycles. The number of anilines is 1. The molecule has 1 saturated heterocycles. The number of carbonyl (C=O) groups is 2. The predicted octanol–water partition coefficient (Wildman–Crippen LogP) is -0.135. The fraction of sp³-hybridized carbons (Fsp3) is 0.429. The van der Waals surface area contributed by atoms with Crippen molar-refractivity contribution >= 4 is 17.4 Å². The van der Waals surface area contributed by atoms with E-state index in [-0.39, 0.29) is 31.3 Å². The van der Waals surface area contributed by atoms with E-state index in [1.807, 2.05) is 0 Å². The number of hydrogen-bond acceptors (Lipinski definition) is 5. The van der Waals surface area contributed by atoms with Gasteiger partial charge in [-0.2, -0.15) is 0 Å². The molecule has 2 atom stereocenters. The summed E-state index contributed by atoms with van der Waals surface area (Å²) >= 11 is 0.